The second-order valence-corrected chi connectivity index (χ2v) is 5.45. The minimum atomic E-state index is 0.839. The van der Waals surface area contributed by atoms with Crippen LogP contribution in [0, 0.1) is 13.8 Å². The maximum Gasteiger partial charge on any atom is 0.119 e. The van der Waals surface area contributed by atoms with Gasteiger partial charge >= 0.3 is 0 Å². The standard InChI is InChI=1S/C20H20N2O/c1-15-13-17(14-21-18-9-11-20(23-3)12-10-18)16(2)22(15)19-7-5-4-6-8-19/h4-14H,1-3H3. The number of hydrogen-bond acceptors (Lipinski definition) is 2. The maximum absolute atomic E-state index is 5.16. The molecule has 2 aromatic carbocycles. The van der Waals surface area contributed by atoms with Crippen LogP contribution >= 0.6 is 0 Å². The summed E-state index contributed by atoms with van der Waals surface area (Å²) in [6.07, 6.45) is 1.92. The average molecular weight is 304 g/mol. The van der Waals surface area contributed by atoms with Crippen LogP contribution in [0.15, 0.2) is 65.7 Å². The molecule has 3 heteroatoms. The highest BCUT2D eigenvalue weighted by Gasteiger charge is 2.08. The second-order valence-electron chi connectivity index (χ2n) is 5.45. The quantitative estimate of drug-likeness (QED) is 0.633. The number of benzene rings is 2. The molecule has 0 aliphatic heterocycles. The Morgan fingerprint density at radius 3 is 2.30 bits per heavy atom. The van der Waals surface area contributed by atoms with E-state index in [0.717, 1.165) is 17.0 Å². The lowest BCUT2D eigenvalue weighted by Crippen LogP contribution is -1.98. The Kier molecular flexibility index (Phi) is 4.29. The number of aryl methyl sites for hydroxylation is 1. The van der Waals surface area contributed by atoms with Crippen molar-refractivity contribution in [1.82, 2.24) is 4.57 Å². The molecule has 3 aromatic rings. The Morgan fingerprint density at radius 1 is 0.957 bits per heavy atom. The molecule has 3 nitrogen and oxygen atoms in total. The van der Waals surface area contributed by atoms with Gasteiger partial charge in [0.15, 0.2) is 0 Å². The fraction of sp³-hybridized carbons (Fsp3) is 0.150. The normalized spacial score (nSPS) is 11.1. The van der Waals surface area contributed by atoms with Crippen molar-refractivity contribution in [2.24, 2.45) is 4.99 Å². The van der Waals surface area contributed by atoms with Crippen LogP contribution in [-0.2, 0) is 0 Å². The molecule has 0 radical (unpaired) electrons. The van der Waals surface area contributed by atoms with Crippen molar-refractivity contribution in [2.75, 3.05) is 7.11 Å². The summed E-state index contributed by atoms with van der Waals surface area (Å²) in [7, 11) is 1.66. The topological polar surface area (TPSA) is 26.5 Å². The lowest BCUT2D eigenvalue weighted by molar-refractivity contribution is 0.415. The molecule has 0 aliphatic carbocycles. The van der Waals surface area contributed by atoms with Gasteiger partial charge < -0.3 is 9.30 Å². The van der Waals surface area contributed by atoms with Gasteiger partial charge in [-0.3, -0.25) is 4.99 Å². The number of rotatable bonds is 4. The summed E-state index contributed by atoms with van der Waals surface area (Å²) in [5.74, 6) is 0.839. The number of aromatic nitrogens is 1. The molecule has 0 atom stereocenters. The van der Waals surface area contributed by atoms with Crippen LogP contribution in [0.1, 0.15) is 17.0 Å². The first kappa shape index (κ1) is 15.1. The van der Waals surface area contributed by atoms with Crippen LogP contribution in [0.25, 0.3) is 5.69 Å². The van der Waals surface area contributed by atoms with Crippen molar-refractivity contribution < 1.29 is 4.74 Å². The predicted octanol–water partition coefficient (Wildman–Crippen LogP) is 4.85. The summed E-state index contributed by atoms with van der Waals surface area (Å²) in [5.41, 5.74) is 5.60. The SMILES string of the molecule is COc1ccc(N=Cc2cc(C)n(-c3ccccc3)c2C)cc1. The predicted molar refractivity (Wildman–Crippen MR) is 95.5 cm³/mol. The summed E-state index contributed by atoms with van der Waals surface area (Å²) in [6.45, 7) is 4.24. The Balaban J connectivity index is 1.90. The highest BCUT2D eigenvalue weighted by molar-refractivity contribution is 5.84. The first-order chi connectivity index (χ1) is 11.2. The molecule has 3 rings (SSSR count). The van der Waals surface area contributed by atoms with Crippen molar-refractivity contribution in [3.8, 4) is 11.4 Å². The van der Waals surface area contributed by atoms with E-state index in [1.807, 2.05) is 36.5 Å². The van der Waals surface area contributed by atoms with Crippen molar-refractivity contribution in [1.29, 1.82) is 0 Å². The first-order valence-electron chi connectivity index (χ1n) is 7.61. The van der Waals surface area contributed by atoms with E-state index in [-0.39, 0.29) is 0 Å². The molecule has 0 amide bonds. The molecule has 0 fully saturated rings. The zero-order valence-electron chi connectivity index (χ0n) is 13.7. The van der Waals surface area contributed by atoms with Crippen molar-refractivity contribution in [3.05, 3.63) is 77.6 Å². The van der Waals surface area contributed by atoms with Gasteiger partial charge in [-0.2, -0.15) is 0 Å². The van der Waals surface area contributed by atoms with Crippen molar-refractivity contribution >= 4 is 11.9 Å². The molecular formula is C20H20N2O. The molecular weight excluding hydrogens is 284 g/mol. The minimum absolute atomic E-state index is 0.839. The lowest BCUT2D eigenvalue weighted by Gasteiger charge is -2.08. The van der Waals surface area contributed by atoms with Gasteiger partial charge in [0.1, 0.15) is 5.75 Å². The largest absolute Gasteiger partial charge is 0.497 e. The number of hydrogen-bond donors (Lipinski definition) is 0. The molecule has 23 heavy (non-hydrogen) atoms. The van der Waals surface area contributed by atoms with Crippen LogP contribution < -0.4 is 4.74 Å². The van der Waals surface area contributed by atoms with Gasteiger partial charge in [-0.1, -0.05) is 18.2 Å². The van der Waals surface area contributed by atoms with E-state index in [0.29, 0.717) is 0 Å². The third-order valence-electron chi connectivity index (χ3n) is 3.91. The summed E-state index contributed by atoms with van der Waals surface area (Å²) in [6, 6.07) is 20.3. The molecule has 1 aromatic heterocycles. The third-order valence-corrected chi connectivity index (χ3v) is 3.91. The summed E-state index contributed by atoms with van der Waals surface area (Å²) in [5, 5.41) is 0. The van der Waals surface area contributed by atoms with E-state index in [9.17, 15) is 0 Å². The van der Waals surface area contributed by atoms with Gasteiger partial charge in [-0.25, -0.2) is 0 Å². The van der Waals surface area contributed by atoms with Gasteiger partial charge in [0.25, 0.3) is 0 Å². The molecule has 0 bridgehead atoms. The Morgan fingerprint density at radius 2 is 1.65 bits per heavy atom. The van der Waals surface area contributed by atoms with Gasteiger partial charge in [0.2, 0.25) is 0 Å². The van der Waals surface area contributed by atoms with Crippen LogP contribution in [0.2, 0.25) is 0 Å². The Labute approximate surface area is 136 Å². The van der Waals surface area contributed by atoms with E-state index in [2.05, 4.69) is 53.7 Å². The number of methoxy groups -OCH3 is 1. The zero-order chi connectivity index (χ0) is 16.2. The monoisotopic (exact) mass is 304 g/mol. The van der Waals surface area contributed by atoms with Crippen LogP contribution in [0.5, 0.6) is 5.75 Å². The summed E-state index contributed by atoms with van der Waals surface area (Å²) >= 11 is 0. The average Bonchev–Trinajstić information content (AvgIpc) is 2.88. The van der Waals surface area contributed by atoms with Crippen molar-refractivity contribution in [2.45, 2.75) is 13.8 Å². The Hall–Kier alpha value is -2.81. The molecule has 116 valence electrons. The highest BCUT2D eigenvalue weighted by Crippen LogP contribution is 2.21. The third kappa shape index (κ3) is 3.19. The smallest absolute Gasteiger partial charge is 0.119 e. The molecule has 0 saturated carbocycles. The van der Waals surface area contributed by atoms with Gasteiger partial charge in [-0.05, 0) is 56.3 Å². The van der Waals surface area contributed by atoms with Crippen LogP contribution in [0.4, 0.5) is 5.69 Å². The highest BCUT2D eigenvalue weighted by atomic mass is 16.5. The lowest BCUT2D eigenvalue weighted by atomic mass is 10.2. The van der Waals surface area contributed by atoms with Crippen LogP contribution in [-0.4, -0.2) is 17.9 Å². The number of nitrogens with zero attached hydrogens (tertiary/aromatic N) is 2. The first-order valence-corrected chi connectivity index (χ1v) is 7.61. The van der Waals surface area contributed by atoms with E-state index in [1.54, 1.807) is 7.11 Å². The maximum atomic E-state index is 5.16. The number of aliphatic imine (C=N–C) groups is 1. The second kappa shape index (κ2) is 6.53. The van der Waals surface area contributed by atoms with E-state index in [4.69, 9.17) is 4.74 Å². The van der Waals surface area contributed by atoms with Gasteiger partial charge in [0.05, 0.1) is 12.8 Å². The van der Waals surface area contributed by atoms with E-state index < -0.39 is 0 Å². The molecule has 0 unspecified atom stereocenters. The summed E-state index contributed by atoms with van der Waals surface area (Å²) < 4.78 is 7.41. The zero-order valence-corrected chi connectivity index (χ0v) is 13.7. The minimum Gasteiger partial charge on any atom is -0.497 e. The van der Waals surface area contributed by atoms with E-state index in [1.165, 1.54) is 17.1 Å². The fourth-order valence-corrected chi connectivity index (χ4v) is 2.71. The molecule has 0 aliphatic rings. The van der Waals surface area contributed by atoms with Crippen molar-refractivity contribution in [3.63, 3.8) is 0 Å². The molecule has 0 N–H and O–H groups in total. The van der Waals surface area contributed by atoms with Gasteiger partial charge in [-0.15, -0.1) is 0 Å². The fourth-order valence-electron chi connectivity index (χ4n) is 2.71. The van der Waals surface area contributed by atoms with E-state index >= 15 is 0 Å². The van der Waals surface area contributed by atoms with Gasteiger partial charge in [0, 0.05) is 28.9 Å². The molecule has 1 heterocycles. The number of ether oxygens (including phenoxy) is 1. The Bertz CT molecular complexity index is 815. The van der Waals surface area contributed by atoms with Crippen LogP contribution in [0.3, 0.4) is 0 Å². The summed E-state index contributed by atoms with van der Waals surface area (Å²) in [4.78, 5) is 4.57. The molecule has 0 spiro atoms. The molecule has 0 saturated heterocycles. The number of para-hydroxylation sites is 1.